The van der Waals surface area contributed by atoms with E-state index in [1.807, 2.05) is 0 Å². The first-order valence-electron chi connectivity index (χ1n) is 6.21. The van der Waals surface area contributed by atoms with Crippen LogP contribution in [0, 0.1) is 5.82 Å². The Kier molecular flexibility index (Phi) is 3.27. The van der Waals surface area contributed by atoms with Crippen molar-refractivity contribution in [3.63, 3.8) is 0 Å². The summed E-state index contributed by atoms with van der Waals surface area (Å²) in [6.07, 6.45) is 4.35. The molecule has 0 bridgehead atoms. The lowest BCUT2D eigenvalue weighted by atomic mass is 10.1. The van der Waals surface area contributed by atoms with Gasteiger partial charge in [-0.25, -0.2) is 9.18 Å². The van der Waals surface area contributed by atoms with Crippen LogP contribution in [0.3, 0.4) is 0 Å². The highest BCUT2D eigenvalue weighted by molar-refractivity contribution is 5.94. The fraction of sp³-hybridized carbons (Fsp3) is 0.0667. The fourth-order valence-corrected chi connectivity index (χ4v) is 2.05. The summed E-state index contributed by atoms with van der Waals surface area (Å²) in [5.74, 6) is -1.37. The number of nitrogens with zero attached hydrogens (tertiary/aromatic N) is 2. The number of carboxylic acids is 1. The molecule has 0 aliphatic heterocycles. The van der Waals surface area contributed by atoms with Gasteiger partial charge in [-0.1, -0.05) is 12.1 Å². The molecule has 0 radical (unpaired) electrons. The van der Waals surface area contributed by atoms with Crippen LogP contribution in [0.4, 0.5) is 4.39 Å². The summed E-state index contributed by atoms with van der Waals surface area (Å²) in [7, 11) is 0. The molecule has 0 amide bonds. The summed E-state index contributed by atoms with van der Waals surface area (Å²) in [4.78, 5) is 11.3. The number of furan rings is 1. The van der Waals surface area contributed by atoms with Crippen LogP contribution in [0.2, 0.25) is 0 Å². The Morgan fingerprint density at radius 2 is 2.05 bits per heavy atom. The molecular formula is C15H11FN2O3. The second-order valence-corrected chi connectivity index (χ2v) is 4.53. The predicted molar refractivity (Wildman–Crippen MR) is 72.4 cm³/mol. The van der Waals surface area contributed by atoms with E-state index >= 15 is 0 Å². The van der Waals surface area contributed by atoms with Gasteiger partial charge in [0, 0.05) is 11.8 Å². The van der Waals surface area contributed by atoms with Crippen molar-refractivity contribution in [1.29, 1.82) is 0 Å². The summed E-state index contributed by atoms with van der Waals surface area (Å²) in [6.45, 7) is 0.360. The van der Waals surface area contributed by atoms with Crippen LogP contribution in [0.1, 0.15) is 15.9 Å². The highest BCUT2D eigenvalue weighted by atomic mass is 19.1. The summed E-state index contributed by atoms with van der Waals surface area (Å²) >= 11 is 0. The molecule has 0 fully saturated rings. The first kappa shape index (κ1) is 13.1. The molecule has 0 aliphatic rings. The molecule has 0 saturated heterocycles. The maximum absolute atomic E-state index is 12.9. The quantitative estimate of drug-likeness (QED) is 0.800. The maximum atomic E-state index is 12.9. The van der Waals surface area contributed by atoms with Crippen LogP contribution < -0.4 is 0 Å². The monoisotopic (exact) mass is 286 g/mol. The Hall–Kier alpha value is -2.89. The Balaban J connectivity index is 1.95. The van der Waals surface area contributed by atoms with Gasteiger partial charge in [0.2, 0.25) is 0 Å². The normalized spacial score (nSPS) is 10.7. The van der Waals surface area contributed by atoms with Crippen LogP contribution in [-0.2, 0) is 6.54 Å². The molecule has 0 spiro atoms. The molecular weight excluding hydrogens is 275 g/mol. The third kappa shape index (κ3) is 2.69. The van der Waals surface area contributed by atoms with E-state index in [0.717, 1.165) is 5.56 Å². The molecule has 3 aromatic rings. The lowest BCUT2D eigenvalue weighted by Gasteiger charge is -2.01. The highest BCUT2D eigenvalue weighted by Gasteiger charge is 2.17. The Bertz CT molecular complexity index is 761. The number of aromatic nitrogens is 2. The number of aromatic carboxylic acids is 1. The number of halogens is 1. The number of hydrogen-bond donors (Lipinski definition) is 1. The summed E-state index contributed by atoms with van der Waals surface area (Å²) in [6, 6.07) is 7.63. The van der Waals surface area contributed by atoms with Crippen LogP contribution in [0.25, 0.3) is 11.3 Å². The second kappa shape index (κ2) is 5.24. The van der Waals surface area contributed by atoms with Crippen molar-refractivity contribution in [2.45, 2.75) is 6.54 Å². The van der Waals surface area contributed by atoms with Gasteiger partial charge in [0.25, 0.3) is 0 Å². The lowest BCUT2D eigenvalue weighted by Crippen LogP contribution is -2.00. The molecule has 2 aromatic heterocycles. The Morgan fingerprint density at radius 3 is 2.67 bits per heavy atom. The summed E-state index contributed by atoms with van der Waals surface area (Å²) < 4.78 is 19.3. The number of carboxylic acid groups (broad SMARTS) is 1. The van der Waals surface area contributed by atoms with E-state index in [4.69, 9.17) is 4.42 Å². The molecule has 0 saturated carbocycles. The van der Waals surface area contributed by atoms with E-state index in [9.17, 15) is 14.3 Å². The average molecular weight is 286 g/mol. The van der Waals surface area contributed by atoms with E-state index in [1.54, 1.807) is 18.2 Å². The number of benzene rings is 1. The molecule has 3 rings (SSSR count). The first-order valence-corrected chi connectivity index (χ1v) is 6.21. The van der Waals surface area contributed by atoms with Crippen molar-refractivity contribution < 1.29 is 18.7 Å². The van der Waals surface area contributed by atoms with Gasteiger partial charge in [-0.3, -0.25) is 4.68 Å². The molecule has 106 valence electrons. The molecule has 21 heavy (non-hydrogen) atoms. The molecule has 0 atom stereocenters. The van der Waals surface area contributed by atoms with Gasteiger partial charge < -0.3 is 9.52 Å². The third-order valence-corrected chi connectivity index (χ3v) is 3.04. The van der Waals surface area contributed by atoms with E-state index in [0.29, 0.717) is 17.8 Å². The molecule has 1 N–H and O–H groups in total. The Labute approximate surface area is 119 Å². The van der Waals surface area contributed by atoms with Crippen molar-refractivity contribution in [3.05, 3.63) is 66.0 Å². The zero-order valence-electron chi connectivity index (χ0n) is 10.9. The molecule has 0 aliphatic carbocycles. The SMILES string of the molecule is O=C(O)c1cn(Cc2ccc(F)cc2)nc1-c1ccoc1. The summed E-state index contributed by atoms with van der Waals surface area (Å²) in [5.41, 5.74) is 1.87. The third-order valence-electron chi connectivity index (χ3n) is 3.04. The van der Waals surface area contributed by atoms with Crippen molar-refractivity contribution in [1.82, 2.24) is 9.78 Å². The second-order valence-electron chi connectivity index (χ2n) is 4.53. The van der Waals surface area contributed by atoms with Crippen LogP contribution in [0.5, 0.6) is 0 Å². The van der Waals surface area contributed by atoms with Crippen LogP contribution >= 0.6 is 0 Å². The standard InChI is InChI=1S/C15H11FN2O3/c16-12-3-1-10(2-4-12)7-18-8-13(15(19)20)14(17-18)11-5-6-21-9-11/h1-6,8-9H,7H2,(H,19,20). The van der Waals surface area contributed by atoms with Crippen molar-refractivity contribution >= 4 is 5.97 Å². The maximum Gasteiger partial charge on any atom is 0.339 e. The fourth-order valence-electron chi connectivity index (χ4n) is 2.05. The highest BCUT2D eigenvalue weighted by Crippen LogP contribution is 2.23. The number of rotatable bonds is 4. The van der Waals surface area contributed by atoms with E-state index < -0.39 is 5.97 Å². The first-order chi connectivity index (χ1) is 10.1. The van der Waals surface area contributed by atoms with Gasteiger partial charge in [0.1, 0.15) is 17.1 Å². The van der Waals surface area contributed by atoms with Crippen molar-refractivity contribution in [2.75, 3.05) is 0 Å². The van der Waals surface area contributed by atoms with Crippen molar-refractivity contribution in [2.24, 2.45) is 0 Å². The molecule has 2 heterocycles. The average Bonchev–Trinajstić information content (AvgIpc) is 3.10. The van der Waals surface area contributed by atoms with Gasteiger partial charge in [-0.2, -0.15) is 5.10 Å². The zero-order chi connectivity index (χ0) is 14.8. The van der Waals surface area contributed by atoms with Gasteiger partial charge >= 0.3 is 5.97 Å². The number of hydrogen-bond acceptors (Lipinski definition) is 3. The van der Waals surface area contributed by atoms with Crippen molar-refractivity contribution in [3.8, 4) is 11.3 Å². The van der Waals surface area contributed by atoms with Gasteiger partial charge in [-0.05, 0) is 23.8 Å². The van der Waals surface area contributed by atoms with Gasteiger partial charge in [-0.15, -0.1) is 0 Å². The van der Waals surface area contributed by atoms with Crippen LogP contribution in [-0.4, -0.2) is 20.9 Å². The van der Waals surface area contributed by atoms with Gasteiger partial charge in [0.05, 0.1) is 19.1 Å². The van der Waals surface area contributed by atoms with Gasteiger partial charge in [0.15, 0.2) is 0 Å². The Morgan fingerprint density at radius 1 is 1.29 bits per heavy atom. The summed E-state index contributed by atoms with van der Waals surface area (Å²) in [5, 5.41) is 13.5. The molecule has 0 unspecified atom stereocenters. The lowest BCUT2D eigenvalue weighted by molar-refractivity contribution is 0.0697. The predicted octanol–water partition coefficient (Wildman–Crippen LogP) is 3.03. The minimum atomic E-state index is -1.06. The molecule has 5 nitrogen and oxygen atoms in total. The van der Waals surface area contributed by atoms with Crippen LogP contribution in [0.15, 0.2) is 53.5 Å². The van der Waals surface area contributed by atoms with E-state index in [1.165, 1.54) is 35.5 Å². The minimum Gasteiger partial charge on any atom is -0.478 e. The smallest absolute Gasteiger partial charge is 0.339 e. The zero-order valence-corrected chi connectivity index (χ0v) is 10.9. The molecule has 6 heteroatoms. The molecule has 1 aromatic carbocycles. The largest absolute Gasteiger partial charge is 0.478 e. The van der Waals surface area contributed by atoms with E-state index in [-0.39, 0.29) is 11.4 Å². The van der Waals surface area contributed by atoms with E-state index in [2.05, 4.69) is 5.10 Å². The topological polar surface area (TPSA) is 68.3 Å². The minimum absolute atomic E-state index is 0.0958. The number of carbonyl (C=O) groups is 1.